The van der Waals surface area contributed by atoms with Crippen LogP contribution in [0.25, 0.3) is 0 Å². The third-order valence-electron chi connectivity index (χ3n) is 2.47. The molecule has 0 aliphatic rings. The molecule has 0 heterocycles. The van der Waals surface area contributed by atoms with Gasteiger partial charge in [0.1, 0.15) is 5.78 Å². The standard InChI is InChI=1S/C13H18O/c1-10(8-12(3)14)9-13-7-5-4-6-11(13)2/h4-7,10H,8-9H2,1-3H3. The van der Waals surface area contributed by atoms with Crippen LogP contribution in [0.5, 0.6) is 0 Å². The van der Waals surface area contributed by atoms with Gasteiger partial charge in [-0.25, -0.2) is 0 Å². The molecule has 1 aromatic carbocycles. The summed E-state index contributed by atoms with van der Waals surface area (Å²) in [7, 11) is 0. The molecule has 76 valence electrons. The smallest absolute Gasteiger partial charge is 0.130 e. The Morgan fingerprint density at radius 2 is 2.00 bits per heavy atom. The van der Waals surface area contributed by atoms with Crippen LogP contribution in [0.2, 0.25) is 0 Å². The van der Waals surface area contributed by atoms with Crippen LogP contribution in [0, 0.1) is 12.8 Å². The van der Waals surface area contributed by atoms with Crippen molar-refractivity contribution in [2.45, 2.75) is 33.6 Å². The number of carbonyl (C=O) groups is 1. The first-order chi connectivity index (χ1) is 6.59. The Labute approximate surface area is 86.1 Å². The second-order valence-corrected chi connectivity index (χ2v) is 4.14. The van der Waals surface area contributed by atoms with Crippen molar-refractivity contribution < 1.29 is 4.79 Å². The van der Waals surface area contributed by atoms with E-state index in [1.807, 2.05) is 0 Å². The molecule has 1 rings (SSSR count). The summed E-state index contributed by atoms with van der Waals surface area (Å²) < 4.78 is 0. The Morgan fingerprint density at radius 1 is 1.36 bits per heavy atom. The Kier molecular flexibility index (Phi) is 3.87. The number of ketones is 1. The fourth-order valence-electron chi connectivity index (χ4n) is 1.78. The molecule has 0 N–H and O–H groups in total. The molecule has 1 atom stereocenters. The minimum absolute atomic E-state index is 0.283. The van der Waals surface area contributed by atoms with Crippen LogP contribution >= 0.6 is 0 Å². The number of hydrogen-bond acceptors (Lipinski definition) is 1. The second kappa shape index (κ2) is 4.94. The zero-order valence-corrected chi connectivity index (χ0v) is 9.21. The molecule has 1 heteroatoms. The molecule has 0 radical (unpaired) electrons. The van der Waals surface area contributed by atoms with Gasteiger partial charge in [0.25, 0.3) is 0 Å². The van der Waals surface area contributed by atoms with Crippen LogP contribution in [-0.4, -0.2) is 5.78 Å². The lowest BCUT2D eigenvalue weighted by Gasteiger charge is -2.11. The van der Waals surface area contributed by atoms with Gasteiger partial charge < -0.3 is 4.79 Å². The molecule has 0 saturated heterocycles. The molecular weight excluding hydrogens is 172 g/mol. The van der Waals surface area contributed by atoms with Crippen LogP contribution < -0.4 is 0 Å². The van der Waals surface area contributed by atoms with Crippen molar-refractivity contribution in [3.63, 3.8) is 0 Å². The van der Waals surface area contributed by atoms with Gasteiger partial charge >= 0.3 is 0 Å². The normalized spacial score (nSPS) is 12.5. The lowest BCUT2D eigenvalue weighted by atomic mass is 9.94. The molecule has 0 amide bonds. The summed E-state index contributed by atoms with van der Waals surface area (Å²) in [5.41, 5.74) is 2.68. The van der Waals surface area contributed by atoms with Gasteiger partial charge in [-0.05, 0) is 37.3 Å². The maximum Gasteiger partial charge on any atom is 0.130 e. The summed E-state index contributed by atoms with van der Waals surface area (Å²) in [6, 6.07) is 8.37. The first kappa shape index (κ1) is 11.0. The summed E-state index contributed by atoms with van der Waals surface area (Å²) in [4.78, 5) is 10.9. The molecule has 1 nitrogen and oxygen atoms in total. The van der Waals surface area contributed by atoms with Gasteiger partial charge in [0, 0.05) is 6.42 Å². The molecule has 0 spiro atoms. The molecule has 1 unspecified atom stereocenters. The van der Waals surface area contributed by atoms with Gasteiger partial charge in [0.05, 0.1) is 0 Å². The number of aryl methyl sites for hydroxylation is 1. The van der Waals surface area contributed by atoms with Gasteiger partial charge in [-0.15, -0.1) is 0 Å². The summed E-state index contributed by atoms with van der Waals surface area (Å²) in [6.07, 6.45) is 1.70. The lowest BCUT2D eigenvalue weighted by molar-refractivity contribution is -0.117. The number of carbonyl (C=O) groups excluding carboxylic acids is 1. The highest BCUT2D eigenvalue weighted by Gasteiger charge is 2.07. The van der Waals surface area contributed by atoms with E-state index in [2.05, 4.69) is 38.1 Å². The van der Waals surface area contributed by atoms with Gasteiger partial charge in [-0.1, -0.05) is 31.2 Å². The number of benzene rings is 1. The third-order valence-corrected chi connectivity index (χ3v) is 2.47. The molecule has 14 heavy (non-hydrogen) atoms. The highest BCUT2D eigenvalue weighted by molar-refractivity contribution is 5.75. The Bertz CT molecular complexity index is 315. The van der Waals surface area contributed by atoms with Crippen LogP contribution in [-0.2, 0) is 11.2 Å². The number of rotatable bonds is 4. The van der Waals surface area contributed by atoms with E-state index in [-0.39, 0.29) is 5.78 Å². The van der Waals surface area contributed by atoms with E-state index in [0.717, 1.165) is 6.42 Å². The van der Waals surface area contributed by atoms with Crippen LogP contribution in [0.3, 0.4) is 0 Å². The molecule has 0 bridgehead atoms. The SMILES string of the molecule is CC(=O)CC(C)Cc1ccccc1C. The second-order valence-electron chi connectivity index (χ2n) is 4.14. The molecular formula is C13H18O. The van der Waals surface area contributed by atoms with Crippen LogP contribution in [0.15, 0.2) is 24.3 Å². The van der Waals surface area contributed by atoms with E-state index in [1.54, 1.807) is 6.92 Å². The molecule has 0 aromatic heterocycles. The van der Waals surface area contributed by atoms with Crippen molar-refractivity contribution >= 4 is 5.78 Å². The molecule has 0 saturated carbocycles. The average Bonchev–Trinajstić information content (AvgIpc) is 2.07. The Hall–Kier alpha value is -1.11. The largest absolute Gasteiger partial charge is 0.300 e. The molecule has 0 aliphatic carbocycles. The zero-order valence-electron chi connectivity index (χ0n) is 9.21. The summed E-state index contributed by atoms with van der Waals surface area (Å²) in [5, 5.41) is 0. The maximum atomic E-state index is 10.9. The summed E-state index contributed by atoms with van der Waals surface area (Å²) >= 11 is 0. The predicted molar refractivity (Wildman–Crippen MR) is 59.3 cm³/mol. The monoisotopic (exact) mass is 190 g/mol. The van der Waals surface area contributed by atoms with Crippen molar-refractivity contribution in [3.8, 4) is 0 Å². The first-order valence-corrected chi connectivity index (χ1v) is 5.13. The Morgan fingerprint density at radius 3 is 2.57 bits per heavy atom. The van der Waals surface area contributed by atoms with E-state index in [9.17, 15) is 4.79 Å². The van der Waals surface area contributed by atoms with Gasteiger partial charge in [-0.3, -0.25) is 0 Å². The van der Waals surface area contributed by atoms with E-state index in [0.29, 0.717) is 12.3 Å². The van der Waals surface area contributed by atoms with E-state index in [4.69, 9.17) is 0 Å². The van der Waals surface area contributed by atoms with Crippen molar-refractivity contribution in [1.29, 1.82) is 0 Å². The highest BCUT2D eigenvalue weighted by atomic mass is 16.1. The molecule has 1 aromatic rings. The third kappa shape index (κ3) is 3.33. The van der Waals surface area contributed by atoms with Gasteiger partial charge in [-0.2, -0.15) is 0 Å². The minimum atomic E-state index is 0.283. The van der Waals surface area contributed by atoms with E-state index >= 15 is 0 Å². The Balaban J connectivity index is 2.60. The quantitative estimate of drug-likeness (QED) is 0.712. The number of Topliss-reactive ketones (excluding diaryl/α,β-unsaturated/α-hetero) is 1. The fraction of sp³-hybridized carbons (Fsp3) is 0.462. The summed E-state index contributed by atoms with van der Waals surface area (Å²) in [6.45, 7) is 5.91. The fourth-order valence-corrected chi connectivity index (χ4v) is 1.78. The van der Waals surface area contributed by atoms with Crippen LogP contribution in [0.1, 0.15) is 31.4 Å². The van der Waals surface area contributed by atoms with E-state index in [1.165, 1.54) is 11.1 Å². The maximum absolute atomic E-state index is 10.9. The van der Waals surface area contributed by atoms with Crippen molar-refractivity contribution in [3.05, 3.63) is 35.4 Å². The minimum Gasteiger partial charge on any atom is -0.300 e. The van der Waals surface area contributed by atoms with Crippen molar-refractivity contribution in [2.24, 2.45) is 5.92 Å². The molecule has 0 aliphatic heterocycles. The van der Waals surface area contributed by atoms with Crippen LogP contribution in [0.4, 0.5) is 0 Å². The average molecular weight is 190 g/mol. The zero-order chi connectivity index (χ0) is 10.6. The molecule has 0 fully saturated rings. The van der Waals surface area contributed by atoms with E-state index < -0.39 is 0 Å². The van der Waals surface area contributed by atoms with Gasteiger partial charge in [0.15, 0.2) is 0 Å². The topological polar surface area (TPSA) is 17.1 Å². The van der Waals surface area contributed by atoms with Crippen molar-refractivity contribution in [1.82, 2.24) is 0 Å². The number of hydrogen-bond donors (Lipinski definition) is 0. The lowest BCUT2D eigenvalue weighted by Crippen LogP contribution is -2.05. The summed E-state index contributed by atoms with van der Waals surface area (Å²) in [5.74, 6) is 0.736. The highest BCUT2D eigenvalue weighted by Crippen LogP contribution is 2.15. The first-order valence-electron chi connectivity index (χ1n) is 5.13. The predicted octanol–water partition coefficient (Wildman–Crippen LogP) is 3.15. The van der Waals surface area contributed by atoms with Gasteiger partial charge in [0.2, 0.25) is 0 Å². The van der Waals surface area contributed by atoms with Crippen molar-refractivity contribution in [2.75, 3.05) is 0 Å².